The summed E-state index contributed by atoms with van der Waals surface area (Å²) in [7, 11) is 0. The first-order valence-corrected chi connectivity index (χ1v) is 9.33. The Morgan fingerprint density at radius 3 is 2.41 bits per heavy atom. The Hall–Kier alpha value is -2.11. The summed E-state index contributed by atoms with van der Waals surface area (Å²) in [5.41, 5.74) is 1.35. The second-order valence-electron chi connectivity index (χ2n) is 6.13. The zero-order valence-corrected chi connectivity index (χ0v) is 16.6. The number of hydrogen-bond donors (Lipinski definition) is 1. The molecule has 2 aromatic carbocycles. The zero-order valence-electron chi connectivity index (χ0n) is 15.1. The number of nitrogens with zero attached hydrogens (tertiary/aromatic N) is 1. The highest BCUT2D eigenvalue weighted by Gasteiger charge is 2.26. The van der Waals surface area contributed by atoms with E-state index in [4.69, 9.17) is 23.2 Å². The predicted molar refractivity (Wildman–Crippen MR) is 105 cm³/mol. The molecule has 7 heteroatoms. The van der Waals surface area contributed by atoms with Crippen molar-refractivity contribution in [2.45, 2.75) is 32.9 Å². The Bertz CT molecular complexity index is 812. The van der Waals surface area contributed by atoms with Crippen molar-refractivity contribution < 1.29 is 14.0 Å². The Kier molecular flexibility index (Phi) is 7.63. The van der Waals surface area contributed by atoms with Gasteiger partial charge in [-0.1, -0.05) is 41.4 Å². The molecule has 0 aliphatic carbocycles. The fourth-order valence-corrected chi connectivity index (χ4v) is 3.08. The third-order valence-electron chi connectivity index (χ3n) is 4.14. The number of hydrogen-bond acceptors (Lipinski definition) is 2. The molecule has 27 heavy (non-hydrogen) atoms. The molecule has 144 valence electrons. The van der Waals surface area contributed by atoms with Gasteiger partial charge in [0.15, 0.2) is 0 Å². The number of nitrogens with one attached hydrogen (secondary N) is 1. The maximum Gasteiger partial charge on any atom is 0.242 e. The summed E-state index contributed by atoms with van der Waals surface area (Å²) in [5, 5.41) is 3.64. The second kappa shape index (κ2) is 9.72. The highest BCUT2D eigenvalue weighted by atomic mass is 35.5. The van der Waals surface area contributed by atoms with E-state index in [1.807, 2.05) is 6.92 Å². The van der Waals surface area contributed by atoms with E-state index < -0.39 is 6.04 Å². The summed E-state index contributed by atoms with van der Waals surface area (Å²) in [6.45, 7) is 4.10. The van der Waals surface area contributed by atoms with Gasteiger partial charge in [-0.25, -0.2) is 4.39 Å². The van der Waals surface area contributed by atoms with E-state index in [0.29, 0.717) is 27.7 Å². The molecule has 2 aromatic rings. The highest BCUT2D eigenvalue weighted by Crippen LogP contribution is 2.23. The second-order valence-corrected chi connectivity index (χ2v) is 6.97. The van der Waals surface area contributed by atoms with E-state index in [-0.39, 0.29) is 30.6 Å². The first-order valence-electron chi connectivity index (χ1n) is 8.57. The van der Waals surface area contributed by atoms with Crippen LogP contribution in [0.5, 0.6) is 0 Å². The van der Waals surface area contributed by atoms with Crippen molar-refractivity contribution >= 4 is 35.0 Å². The third kappa shape index (κ3) is 5.94. The average molecular weight is 411 g/mol. The molecule has 2 amide bonds. The summed E-state index contributed by atoms with van der Waals surface area (Å²) in [4.78, 5) is 26.7. The van der Waals surface area contributed by atoms with Gasteiger partial charge in [-0.3, -0.25) is 9.59 Å². The third-order valence-corrected chi connectivity index (χ3v) is 4.73. The molecular weight excluding hydrogens is 390 g/mol. The molecule has 1 atom stereocenters. The van der Waals surface area contributed by atoms with Gasteiger partial charge in [0.1, 0.15) is 11.9 Å². The molecule has 0 saturated carbocycles. The van der Waals surface area contributed by atoms with Crippen LogP contribution >= 0.6 is 23.2 Å². The number of amides is 2. The fourth-order valence-electron chi connectivity index (χ4n) is 2.62. The van der Waals surface area contributed by atoms with Crippen LogP contribution in [0.3, 0.4) is 0 Å². The van der Waals surface area contributed by atoms with Crippen molar-refractivity contribution in [3.63, 3.8) is 0 Å². The topological polar surface area (TPSA) is 49.4 Å². The van der Waals surface area contributed by atoms with Crippen LogP contribution in [0.2, 0.25) is 10.0 Å². The number of rotatable bonds is 7. The Morgan fingerprint density at radius 2 is 1.81 bits per heavy atom. The van der Waals surface area contributed by atoms with E-state index in [2.05, 4.69) is 5.32 Å². The Morgan fingerprint density at radius 1 is 1.15 bits per heavy atom. The summed E-state index contributed by atoms with van der Waals surface area (Å²) >= 11 is 12.2. The summed E-state index contributed by atoms with van der Waals surface area (Å²) in [6.07, 6.45) is 0.0508. The maximum absolute atomic E-state index is 13.1. The van der Waals surface area contributed by atoms with Gasteiger partial charge in [0.05, 0.1) is 6.42 Å². The minimum absolute atomic E-state index is 0.0508. The first kappa shape index (κ1) is 21.2. The van der Waals surface area contributed by atoms with Gasteiger partial charge in [-0.05, 0) is 49.2 Å². The van der Waals surface area contributed by atoms with Crippen LogP contribution in [-0.4, -0.2) is 29.3 Å². The standard InChI is InChI=1S/C20H21Cl2FN2O2/c1-3-24-20(27)13(2)25(12-15-6-7-16(21)11-18(15)22)19(26)10-14-4-8-17(23)9-5-14/h4-9,11,13H,3,10,12H2,1-2H3,(H,24,27)/t13-/m0/s1. The molecule has 0 aliphatic rings. The normalized spacial score (nSPS) is 11.7. The van der Waals surface area contributed by atoms with Gasteiger partial charge in [0, 0.05) is 23.1 Å². The quantitative estimate of drug-likeness (QED) is 0.742. The first-order chi connectivity index (χ1) is 12.8. The van der Waals surface area contributed by atoms with Gasteiger partial charge in [0.25, 0.3) is 0 Å². The fraction of sp³-hybridized carbons (Fsp3) is 0.300. The van der Waals surface area contributed by atoms with Crippen LogP contribution in [0.15, 0.2) is 42.5 Å². The smallest absolute Gasteiger partial charge is 0.242 e. The number of carbonyl (C=O) groups excluding carboxylic acids is 2. The van der Waals surface area contributed by atoms with Crippen molar-refractivity contribution in [2.24, 2.45) is 0 Å². The average Bonchev–Trinajstić information content (AvgIpc) is 2.62. The molecule has 0 heterocycles. The van der Waals surface area contributed by atoms with Crippen LogP contribution in [0, 0.1) is 5.82 Å². The molecule has 2 rings (SSSR count). The van der Waals surface area contributed by atoms with Gasteiger partial charge in [-0.15, -0.1) is 0 Å². The van der Waals surface area contributed by atoms with Gasteiger partial charge in [-0.2, -0.15) is 0 Å². The molecule has 0 unspecified atom stereocenters. The van der Waals surface area contributed by atoms with Crippen LogP contribution in [0.25, 0.3) is 0 Å². The molecule has 0 aliphatic heterocycles. The number of halogens is 3. The van der Waals surface area contributed by atoms with Crippen molar-refractivity contribution in [3.8, 4) is 0 Å². The molecule has 0 bridgehead atoms. The summed E-state index contributed by atoms with van der Waals surface area (Å²) in [6, 6.07) is 10.0. The predicted octanol–water partition coefficient (Wildman–Crippen LogP) is 4.23. The van der Waals surface area contributed by atoms with Crippen molar-refractivity contribution in [1.29, 1.82) is 0 Å². The van der Waals surface area contributed by atoms with Crippen molar-refractivity contribution in [3.05, 3.63) is 69.5 Å². The van der Waals surface area contributed by atoms with E-state index in [0.717, 1.165) is 0 Å². The number of carbonyl (C=O) groups is 2. The molecule has 0 aromatic heterocycles. The molecule has 0 fully saturated rings. The van der Waals surface area contributed by atoms with Crippen LogP contribution in [0.4, 0.5) is 4.39 Å². The molecule has 1 N–H and O–H groups in total. The largest absolute Gasteiger partial charge is 0.355 e. The van der Waals surface area contributed by atoms with Crippen LogP contribution in [0.1, 0.15) is 25.0 Å². The maximum atomic E-state index is 13.1. The minimum atomic E-state index is -0.690. The van der Waals surface area contributed by atoms with Gasteiger partial charge in [0.2, 0.25) is 11.8 Å². The lowest BCUT2D eigenvalue weighted by atomic mass is 10.1. The van der Waals surface area contributed by atoms with Crippen LogP contribution < -0.4 is 5.32 Å². The molecule has 4 nitrogen and oxygen atoms in total. The van der Waals surface area contributed by atoms with E-state index in [1.165, 1.54) is 17.0 Å². The highest BCUT2D eigenvalue weighted by molar-refractivity contribution is 6.35. The van der Waals surface area contributed by atoms with Crippen molar-refractivity contribution in [1.82, 2.24) is 10.2 Å². The molecular formula is C20H21Cl2FN2O2. The zero-order chi connectivity index (χ0) is 20.0. The number of likely N-dealkylation sites (N-methyl/N-ethyl adjacent to an activating group) is 1. The minimum Gasteiger partial charge on any atom is -0.355 e. The van der Waals surface area contributed by atoms with E-state index >= 15 is 0 Å². The molecule has 0 radical (unpaired) electrons. The Labute approximate surface area is 168 Å². The lowest BCUT2D eigenvalue weighted by Gasteiger charge is -2.29. The van der Waals surface area contributed by atoms with Gasteiger partial charge < -0.3 is 10.2 Å². The van der Waals surface area contributed by atoms with E-state index in [1.54, 1.807) is 37.3 Å². The summed E-state index contributed by atoms with van der Waals surface area (Å²) in [5.74, 6) is -0.881. The van der Waals surface area contributed by atoms with Crippen LogP contribution in [-0.2, 0) is 22.6 Å². The summed E-state index contributed by atoms with van der Waals surface area (Å²) < 4.78 is 13.1. The Balaban J connectivity index is 2.26. The lowest BCUT2D eigenvalue weighted by Crippen LogP contribution is -2.48. The SMILES string of the molecule is CCNC(=O)[C@H](C)N(Cc1ccc(Cl)cc1Cl)C(=O)Cc1ccc(F)cc1. The monoisotopic (exact) mass is 410 g/mol. The number of benzene rings is 2. The lowest BCUT2D eigenvalue weighted by molar-refractivity contribution is -0.140. The molecule has 0 saturated heterocycles. The van der Waals surface area contributed by atoms with Crippen molar-refractivity contribution in [2.75, 3.05) is 6.54 Å². The van der Waals surface area contributed by atoms with Gasteiger partial charge >= 0.3 is 0 Å². The molecule has 0 spiro atoms. The van der Waals surface area contributed by atoms with E-state index in [9.17, 15) is 14.0 Å².